The quantitative estimate of drug-likeness (QED) is 0.710. The number of aryl methyl sites for hydroxylation is 1. The minimum absolute atomic E-state index is 0.154. The van der Waals surface area contributed by atoms with E-state index in [1.807, 2.05) is 18.2 Å². The highest BCUT2D eigenvalue weighted by Crippen LogP contribution is 2.19. The fraction of sp³-hybridized carbons (Fsp3) is 0.267. The summed E-state index contributed by atoms with van der Waals surface area (Å²) in [5, 5.41) is 12.4. The fourth-order valence-corrected chi connectivity index (χ4v) is 2.39. The molecule has 2 heterocycles. The van der Waals surface area contributed by atoms with Crippen LogP contribution in [0.15, 0.2) is 34.7 Å². The Balaban J connectivity index is 1.72. The lowest BCUT2D eigenvalue weighted by Gasteiger charge is -2.00. The molecule has 0 saturated carbocycles. The monoisotopic (exact) mass is 338 g/mol. The summed E-state index contributed by atoms with van der Waals surface area (Å²) in [5.74, 6) is 0.746. The molecule has 0 aliphatic carbocycles. The minimum atomic E-state index is -2.60. The number of halogens is 3. The normalized spacial score (nSPS) is 11.3. The van der Waals surface area contributed by atoms with Gasteiger partial charge in [0.15, 0.2) is 0 Å². The summed E-state index contributed by atoms with van der Waals surface area (Å²) in [6.07, 6.45) is -2.15. The largest absolute Gasteiger partial charge is 0.423 e. The first kappa shape index (κ1) is 15.6. The maximum Gasteiger partial charge on any atom is 0.282 e. The van der Waals surface area contributed by atoms with E-state index < -0.39 is 6.43 Å². The van der Waals surface area contributed by atoms with Crippen LogP contribution < -0.4 is 0 Å². The van der Waals surface area contributed by atoms with Crippen LogP contribution in [0, 0.1) is 6.92 Å². The smallest absolute Gasteiger partial charge is 0.282 e. The number of hydrogen-bond donors (Lipinski definition) is 0. The van der Waals surface area contributed by atoms with Gasteiger partial charge in [0, 0.05) is 10.7 Å². The van der Waals surface area contributed by atoms with Crippen LogP contribution in [0.3, 0.4) is 0 Å². The van der Waals surface area contributed by atoms with Crippen LogP contribution in [-0.2, 0) is 13.0 Å². The molecule has 8 heteroatoms. The molecular formula is C15H13ClF2N4O. The molecule has 0 atom stereocenters. The van der Waals surface area contributed by atoms with E-state index in [0.717, 1.165) is 5.56 Å². The third-order valence-corrected chi connectivity index (χ3v) is 3.50. The lowest BCUT2D eigenvalue weighted by molar-refractivity contribution is 0.145. The summed E-state index contributed by atoms with van der Waals surface area (Å²) in [4.78, 5) is 0. The minimum Gasteiger partial charge on any atom is -0.423 e. The zero-order valence-electron chi connectivity index (χ0n) is 12.2. The topological polar surface area (TPSA) is 56.7 Å². The van der Waals surface area contributed by atoms with Crippen molar-refractivity contribution >= 4 is 11.6 Å². The Morgan fingerprint density at radius 1 is 1.22 bits per heavy atom. The molecule has 0 aliphatic rings. The lowest BCUT2D eigenvalue weighted by Crippen LogP contribution is -2.04. The van der Waals surface area contributed by atoms with Crippen molar-refractivity contribution in [3.05, 3.63) is 64.1 Å². The number of aromatic nitrogens is 4. The van der Waals surface area contributed by atoms with Gasteiger partial charge < -0.3 is 4.42 Å². The molecule has 0 aliphatic heterocycles. The highest BCUT2D eigenvalue weighted by molar-refractivity contribution is 6.30. The molecule has 120 valence electrons. The van der Waals surface area contributed by atoms with Crippen molar-refractivity contribution in [1.82, 2.24) is 20.0 Å². The lowest BCUT2D eigenvalue weighted by atomic mass is 10.1. The van der Waals surface area contributed by atoms with Gasteiger partial charge in [0.1, 0.15) is 12.2 Å². The average Bonchev–Trinajstić information content (AvgIpc) is 3.07. The predicted molar refractivity (Wildman–Crippen MR) is 79.6 cm³/mol. The van der Waals surface area contributed by atoms with Gasteiger partial charge in [0.25, 0.3) is 6.43 Å². The molecule has 5 nitrogen and oxygen atoms in total. The molecule has 0 fully saturated rings. The first-order valence-electron chi connectivity index (χ1n) is 6.89. The van der Waals surface area contributed by atoms with E-state index in [-0.39, 0.29) is 12.2 Å². The SMILES string of the molecule is Cc1cc(C(F)F)nn1Cc1nnc(Cc2cccc(Cl)c2)o1. The first-order valence-corrected chi connectivity index (χ1v) is 7.27. The van der Waals surface area contributed by atoms with Crippen molar-refractivity contribution < 1.29 is 13.2 Å². The van der Waals surface area contributed by atoms with Crippen LogP contribution in [0.2, 0.25) is 5.02 Å². The zero-order valence-corrected chi connectivity index (χ0v) is 13.0. The van der Waals surface area contributed by atoms with Gasteiger partial charge in [0.05, 0.1) is 6.42 Å². The molecule has 0 saturated heterocycles. The van der Waals surface area contributed by atoms with E-state index in [4.69, 9.17) is 16.0 Å². The Morgan fingerprint density at radius 3 is 2.70 bits per heavy atom. The van der Waals surface area contributed by atoms with Crippen molar-refractivity contribution in [2.24, 2.45) is 0 Å². The van der Waals surface area contributed by atoms with Crippen LogP contribution in [-0.4, -0.2) is 20.0 Å². The number of alkyl halides is 2. The van der Waals surface area contributed by atoms with Crippen molar-refractivity contribution in [3.63, 3.8) is 0 Å². The second-order valence-electron chi connectivity index (χ2n) is 5.07. The van der Waals surface area contributed by atoms with E-state index in [1.165, 1.54) is 10.7 Å². The molecule has 1 aromatic carbocycles. The molecule has 0 unspecified atom stereocenters. The van der Waals surface area contributed by atoms with E-state index in [0.29, 0.717) is 28.9 Å². The van der Waals surface area contributed by atoms with Gasteiger partial charge in [-0.15, -0.1) is 10.2 Å². The summed E-state index contributed by atoms with van der Waals surface area (Å²) in [6.45, 7) is 1.85. The molecule has 0 bridgehead atoms. The Kier molecular flexibility index (Phi) is 4.38. The number of benzene rings is 1. The summed E-state index contributed by atoms with van der Waals surface area (Å²) >= 11 is 5.93. The molecule has 2 aromatic heterocycles. The fourth-order valence-electron chi connectivity index (χ4n) is 2.18. The van der Waals surface area contributed by atoms with Crippen molar-refractivity contribution in [2.75, 3.05) is 0 Å². The van der Waals surface area contributed by atoms with E-state index >= 15 is 0 Å². The van der Waals surface area contributed by atoms with E-state index in [1.54, 1.807) is 13.0 Å². The van der Waals surface area contributed by atoms with Crippen LogP contribution in [0.25, 0.3) is 0 Å². The van der Waals surface area contributed by atoms with Gasteiger partial charge in [-0.1, -0.05) is 23.7 Å². The van der Waals surface area contributed by atoms with Gasteiger partial charge >= 0.3 is 0 Å². The van der Waals surface area contributed by atoms with E-state index in [9.17, 15) is 8.78 Å². The molecule has 0 amide bonds. The molecule has 3 aromatic rings. The van der Waals surface area contributed by atoms with Crippen LogP contribution in [0.1, 0.15) is 35.2 Å². The number of hydrogen-bond acceptors (Lipinski definition) is 4. The van der Waals surface area contributed by atoms with Crippen LogP contribution in [0.5, 0.6) is 0 Å². The Bertz CT molecular complexity index is 815. The summed E-state index contributed by atoms with van der Waals surface area (Å²) in [6, 6.07) is 8.69. The van der Waals surface area contributed by atoms with Gasteiger partial charge in [0.2, 0.25) is 11.8 Å². The van der Waals surface area contributed by atoms with Crippen LogP contribution >= 0.6 is 11.6 Å². The second-order valence-corrected chi connectivity index (χ2v) is 5.50. The highest BCUT2D eigenvalue weighted by Gasteiger charge is 2.15. The summed E-state index contributed by atoms with van der Waals surface area (Å²) in [7, 11) is 0. The average molecular weight is 339 g/mol. The Morgan fingerprint density at radius 2 is 2.00 bits per heavy atom. The van der Waals surface area contributed by atoms with Crippen LogP contribution in [0.4, 0.5) is 8.78 Å². The van der Waals surface area contributed by atoms with Crippen molar-refractivity contribution in [3.8, 4) is 0 Å². The summed E-state index contributed by atoms with van der Waals surface area (Å²) in [5.41, 5.74) is 1.29. The maximum absolute atomic E-state index is 12.6. The van der Waals surface area contributed by atoms with Crippen molar-refractivity contribution in [1.29, 1.82) is 0 Å². The number of rotatable bonds is 5. The van der Waals surface area contributed by atoms with Gasteiger partial charge in [-0.2, -0.15) is 5.10 Å². The Hall–Kier alpha value is -2.28. The molecule has 3 rings (SSSR count). The predicted octanol–water partition coefficient (Wildman–Crippen LogP) is 3.80. The van der Waals surface area contributed by atoms with Gasteiger partial charge in [-0.05, 0) is 30.7 Å². The standard InChI is InChI=1S/C15H13ClF2N4O/c1-9-5-12(15(17)18)21-22(9)8-14-20-19-13(23-14)7-10-3-2-4-11(16)6-10/h2-6,15H,7-8H2,1H3. The maximum atomic E-state index is 12.6. The second kappa shape index (κ2) is 6.45. The third-order valence-electron chi connectivity index (χ3n) is 3.26. The van der Waals surface area contributed by atoms with Crippen molar-refractivity contribution in [2.45, 2.75) is 26.3 Å². The first-order chi connectivity index (χ1) is 11.0. The van der Waals surface area contributed by atoms with Gasteiger partial charge in [-0.25, -0.2) is 8.78 Å². The molecule has 0 radical (unpaired) electrons. The van der Waals surface area contributed by atoms with Gasteiger partial charge in [-0.3, -0.25) is 4.68 Å². The zero-order chi connectivity index (χ0) is 16.4. The third kappa shape index (κ3) is 3.73. The molecule has 0 N–H and O–H groups in total. The molecular weight excluding hydrogens is 326 g/mol. The summed E-state index contributed by atoms with van der Waals surface area (Å²) < 4.78 is 32.2. The Labute approximate surface area is 135 Å². The van der Waals surface area contributed by atoms with E-state index in [2.05, 4.69) is 15.3 Å². The highest BCUT2D eigenvalue weighted by atomic mass is 35.5. The number of nitrogens with zero attached hydrogens (tertiary/aromatic N) is 4. The molecule has 23 heavy (non-hydrogen) atoms. The molecule has 0 spiro atoms.